The number of anilines is 1. The number of amides is 2. The number of nitrogens with two attached hydrogens (primary N) is 1. The first-order chi connectivity index (χ1) is 16.5. The van der Waals surface area contributed by atoms with Gasteiger partial charge in [-0.1, -0.05) is 0 Å². The molecule has 0 aromatic heterocycles. The Morgan fingerprint density at radius 3 is 2.26 bits per heavy atom. The van der Waals surface area contributed by atoms with E-state index in [0.717, 1.165) is 6.07 Å². The minimum atomic E-state index is -3.68. The summed E-state index contributed by atoms with van der Waals surface area (Å²) in [7, 11) is -3.68. The van der Waals surface area contributed by atoms with E-state index in [2.05, 4.69) is 5.32 Å². The van der Waals surface area contributed by atoms with Crippen LogP contribution in [0.1, 0.15) is 31.7 Å². The van der Waals surface area contributed by atoms with Crippen LogP contribution in [0.2, 0.25) is 0 Å². The van der Waals surface area contributed by atoms with E-state index in [4.69, 9.17) is 5.73 Å². The summed E-state index contributed by atoms with van der Waals surface area (Å²) in [5.41, 5.74) is 6.67. The van der Waals surface area contributed by atoms with Gasteiger partial charge < -0.3 is 16.0 Å². The molecule has 7 nitrogen and oxygen atoms in total. The fourth-order valence-electron chi connectivity index (χ4n) is 4.16. The van der Waals surface area contributed by atoms with Crippen LogP contribution in [0.3, 0.4) is 0 Å². The first-order valence-corrected chi connectivity index (χ1v) is 12.9. The van der Waals surface area contributed by atoms with Gasteiger partial charge in [0.15, 0.2) is 21.5 Å². The zero-order valence-electron chi connectivity index (χ0n) is 19.3. The average Bonchev–Trinajstić information content (AvgIpc) is 2.81. The summed E-state index contributed by atoms with van der Waals surface area (Å²) in [6, 6.07) is 6.56. The second kappa shape index (κ2) is 11.2. The van der Waals surface area contributed by atoms with Crippen molar-refractivity contribution in [2.45, 2.75) is 43.5 Å². The van der Waals surface area contributed by atoms with Crippen molar-refractivity contribution in [2.75, 3.05) is 24.2 Å². The SMILES string of the molecule is CC(=O)Nc1ccc(S(=O)(=O)CCC(=O)N2CCC(C(N)Cc3cc(F)c(F)cc3F)CC2)cc1. The van der Waals surface area contributed by atoms with Crippen LogP contribution >= 0.6 is 0 Å². The summed E-state index contributed by atoms with van der Waals surface area (Å²) in [5.74, 6) is -4.19. The molecule has 2 aromatic rings. The summed E-state index contributed by atoms with van der Waals surface area (Å²) < 4.78 is 65.6. The Kier molecular flexibility index (Phi) is 8.55. The van der Waals surface area contributed by atoms with E-state index in [0.29, 0.717) is 37.7 Å². The molecule has 0 aliphatic carbocycles. The van der Waals surface area contributed by atoms with Crippen molar-refractivity contribution in [3.05, 3.63) is 59.4 Å². The van der Waals surface area contributed by atoms with E-state index >= 15 is 0 Å². The number of halogens is 3. The average molecular weight is 512 g/mol. The second-order valence-electron chi connectivity index (χ2n) is 8.72. The van der Waals surface area contributed by atoms with E-state index in [-0.39, 0.29) is 46.8 Å². The predicted molar refractivity (Wildman–Crippen MR) is 125 cm³/mol. The molecular formula is C24H28F3N3O4S. The number of sulfone groups is 1. The molecule has 1 aliphatic heterocycles. The van der Waals surface area contributed by atoms with Crippen molar-refractivity contribution in [3.8, 4) is 0 Å². The molecule has 1 heterocycles. The molecular weight excluding hydrogens is 483 g/mol. The van der Waals surface area contributed by atoms with Gasteiger partial charge in [0.05, 0.1) is 10.6 Å². The van der Waals surface area contributed by atoms with Gasteiger partial charge in [-0.2, -0.15) is 0 Å². The van der Waals surface area contributed by atoms with Crippen LogP contribution in [-0.4, -0.2) is 50.0 Å². The molecule has 1 atom stereocenters. The third-order valence-electron chi connectivity index (χ3n) is 6.16. The molecule has 190 valence electrons. The van der Waals surface area contributed by atoms with E-state index in [1.807, 2.05) is 0 Å². The molecule has 0 radical (unpaired) electrons. The normalized spacial score (nSPS) is 15.6. The molecule has 1 saturated heterocycles. The number of likely N-dealkylation sites (tertiary alicyclic amines) is 1. The van der Waals surface area contributed by atoms with Crippen molar-refractivity contribution in [1.29, 1.82) is 0 Å². The van der Waals surface area contributed by atoms with E-state index < -0.39 is 33.3 Å². The molecule has 1 aliphatic rings. The molecule has 11 heteroatoms. The van der Waals surface area contributed by atoms with Gasteiger partial charge in [0.1, 0.15) is 5.82 Å². The van der Waals surface area contributed by atoms with Crippen LogP contribution in [-0.2, 0) is 25.8 Å². The first kappa shape index (κ1) is 26.7. The maximum atomic E-state index is 13.9. The minimum Gasteiger partial charge on any atom is -0.343 e. The molecule has 0 bridgehead atoms. The highest BCUT2D eigenvalue weighted by Gasteiger charge is 2.28. The Bertz CT molecular complexity index is 1180. The molecule has 1 fully saturated rings. The number of rotatable bonds is 8. The molecule has 0 saturated carbocycles. The lowest BCUT2D eigenvalue weighted by molar-refractivity contribution is -0.132. The Balaban J connectivity index is 1.49. The lowest BCUT2D eigenvalue weighted by Crippen LogP contribution is -2.44. The highest BCUT2D eigenvalue weighted by atomic mass is 32.2. The zero-order chi connectivity index (χ0) is 25.8. The molecule has 2 aromatic carbocycles. The number of nitrogens with zero attached hydrogens (tertiary/aromatic N) is 1. The number of nitrogens with one attached hydrogen (secondary N) is 1. The Morgan fingerprint density at radius 2 is 1.66 bits per heavy atom. The van der Waals surface area contributed by atoms with Crippen molar-refractivity contribution < 1.29 is 31.2 Å². The van der Waals surface area contributed by atoms with Gasteiger partial charge in [0, 0.05) is 44.2 Å². The highest BCUT2D eigenvalue weighted by molar-refractivity contribution is 7.91. The van der Waals surface area contributed by atoms with Gasteiger partial charge in [0.25, 0.3) is 0 Å². The smallest absolute Gasteiger partial charge is 0.223 e. The lowest BCUT2D eigenvalue weighted by Gasteiger charge is -2.35. The molecule has 1 unspecified atom stereocenters. The highest BCUT2D eigenvalue weighted by Crippen LogP contribution is 2.24. The summed E-state index contributed by atoms with van der Waals surface area (Å²) in [6.45, 7) is 2.10. The molecule has 3 rings (SSSR count). The second-order valence-corrected chi connectivity index (χ2v) is 10.8. The predicted octanol–water partition coefficient (Wildman–Crippen LogP) is 3.03. The third-order valence-corrected chi connectivity index (χ3v) is 7.89. The summed E-state index contributed by atoms with van der Waals surface area (Å²) in [5, 5.41) is 2.56. The topological polar surface area (TPSA) is 110 Å². The lowest BCUT2D eigenvalue weighted by atomic mass is 9.86. The van der Waals surface area contributed by atoms with Gasteiger partial charge in [0.2, 0.25) is 11.8 Å². The van der Waals surface area contributed by atoms with Gasteiger partial charge >= 0.3 is 0 Å². The van der Waals surface area contributed by atoms with Gasteiger partial charge in [-0.25, -0.2) is 21.6 Å². The minimum absolute atomic E-state index is 0.00483. The Labute approximate surface area is 202 Å². The number of carbonyl (C=O) groups excluding carboxylic acids is 2. The fraction of sp³-hybridized carbons (Fsp3) is 0.417. The Morgan fingerprint density at radius 1 is 1.06 bits per heavy atom. The number of piperidine rings is 1. The molecule has 2 amide bonds. The quantitative estimate of drug-likeness (QED) is 0.530. The van der Waals surface area contributed by atoms with Crippen molar-refractivity contribution in [1.82, 2.24) is 4.90 Å². The van der Waals surface area contributed by atoms with E-state index in [1.165, 1.54) is 31.2 Å². The molecule has 3 N–H and O–H groups in total. The van der Waals surface area contributed by atoms with Gasteiger partial charge in [-0.15, -0.1) is 0 Å². The van der Waals surface area contributed by atoms with Crippen molar-refractivity contribution >= 4 is 27.3 Å². The number of carbonyl (C=O) groups is 2. The third kappa shape index (κ3) is 7.04. The van der Waals surface area contributed by atoms with E-state index in [1.54, 1.807) is 4.90 Å². The maximum Gasteiger partial charge on any atom is 0.223 e. The fourth-order valence-corrected chi connectivity index (χ4v) is 5.39. The summed E-state index contributed by atoms with van der Waals surface area (Å²) in [4.78, 5) is 25.3. The number of hydrogen-bond acceptors (Lipinski definition) is 5. The first-order valence-electron chi connectivity index (χ1n) is 11.2. The summed E-state index contributed by atoms with van der Waals surface area (Å²) >= 11 is 0. The van der Waals surface area contributed by atoms with Crippen LogP contribution < -0.4 is 11.1 Å². The standard InChI is InChI=1S/C24H28F3N3O4S/c1-15(31)29-18-2-4-19(5-3-18)35(33,34)11-8-24(32)30-9-6-16(7-10-30)23(28)13-17-12-21(26)22(27)14-20(17)25/h2-5,12,14,16,23H,6-11,13,28H2,1H3,(H,29,31). The van der Waals surface area contributed by atoms with Crippen LogP contribution in [0.4, 0.5) is 18.9 Å². The van der Waals surface area contributed by atoms with Crippen molar-refractivity contribution in [3.63, 3.8) is 0 Å². The van der Waals surface area contributed by atoms with E-state index in [9.17, 15) is 31.2 Å². The largest absolute Gasteiger partial charge is 0.343 e. The number of benzene rings is 2. The monoisotopic (exact) mass is 511 g/mol. The molecule has 0 spiro atoms. The van der Waals surface area contributed by atoms with Gasteiger partial charge in [-0.3, -0.25) is 9.59 Å². The molecule has 35 heavy (non-hydrogen) atoms. The number of hydrogen-bond donors (Lipinski definition) is 2. The summed E-state index contributed by atoms with van der Waals surface area (Å²) in [6.07, 6.45) is 0.943. The van der Waals surface area contributed by atoms with Gasteiger partial charge in [-0.05, 0) is 61.1 Å². The zero-order valence-corrected chi connectivity index (χ0v) is 20.1. The van der Waals surface area contributed by atoms with Crippen molar-refractivity contribution in [2.24, 2.45) is 11.7 Å². The van der Waals surface area contributed by atoms with Crippen LogP contribution in [0.15, 0.2) is 41.3 Å². The van der Waals surface area contributed by atoms with Crippen LogP contribution in [0, 0.1) is 23.4 Å². The van der Waals surface area contributed by atoms with Crippen LogP contribution in [0.25, 0.3) is 0 Å². The Hall–Kier alpha value is -2.92. The van der Waals surface area contributed by atoms with Crippen LogP contribution in [0.5, 0.6) is 0 Å². The maximum absolute atomic E-state index is 13.9.